The number of aryl methyl sites for hydroxylation is 2. The maximum absolute atomic E-state index is 13.0. The van der Waals surface area contributed by atoms with Crippen molar-refractivity contribution in [2.45, 2.75) is 69.7 Å². The lowest BCUT2D eigenvalue weighted by Crippen LogP contribution is -2.53. The quantitative estimate of drug-likeness (QED) is 0.175. The fourth-order valence-electron chi connectivity index (χ4n) is 5.89. The van der Waals surface area contributed by atoms with Crippen LogP contribution in [0.4, 0.5) is 0 Å². The lowest BCUT2D eigenvalue weighted by atomic mass is 9.92. The molecule has 2 aliphatic heterocycles. The molecule has 1 saturated carbocycles. The molecule has 3 unspecified atom stereocenters. The van der Waals surface area contributed by atoms with Gasteiger partial charge in [-0.2, -0.15) is 0 Å². The number of rotatable bonds is 8. The minimum atomic E-state index is -4.93. The molecule has 0 amide bonds. The fourth-order valence-corrected chi connectivity index (χ4v) is 6.94. The van der Waals surface area contributed by atoms with Crippen LogP contribution in [0.1, 0.15) is 36.9 Å². The van der Waals surface area contributed by atoms with Crippen molar-refractivity contribution in [3.05, 3.63) is 65.2 Å². The van der Waals surface area contributed by atoms with Gasteiger partial charge in [-0.05, 0) is 19.8 Å². The van der Waals surface area contributed by atoms with Gasteiger partial charge in [0, 0.05) is 35.9 Å². The molecule has 0 radical (unpaired) electrons. The zero-order valence-electron chi connectivity index (χ0n) is 22.2. The smallest absolute Gasteiger partial charge is 0.393 e. The fraction of sp³-hybridized carbons (Fsp3) is 0.652. The lowest BCUT2D eigenvalue weighted by molar-refractivity contribution is -0.202. The van der Waals surface area contributed by atoms with Gasteiger partial charge in [-0.15, -0.1) is 0 Å². The molecular formula is C23H31N4O13P. The number of ether oxygens (including phenoxy) is 2. The van der Waals surface area contributed by atoms with Gasteiger partial charge in [0.15, 0.2) is 0 Å². The molecule has 0 aromatic carbocycles. The highest BCUT2D eigenvalue weighted by Gasteiger charge is 2.70. The van der Waals surface area contributed by atoms with E-state index < -0.39 is 97.8 Å². The van der Waals surface area contributed by atoms with Crippen molar-refractivity contribution in [3.8, 4) is 0 Å². The number of hydrogen-bond donors (Lipinski definition) is 6. The maximum atomic E-state index is 13.0. The van der Waals surface area contributed by atoms with Gasteiger partial charge >= 0.3 is 19.2 Å². The Labute approximate surface area is 230 Å². The average Bonchev–Trinajstić information content (AvgIpc) is 3.48. The van der Waals surface area contributed by atoms with Gasteiger partial charge in [0.25, 0.3) is 11.1 Å². The number of fused-ring (bicyclic) bond motifs is 2. The zero-order chi connectivity index (χ0) is 30.0. The number of aliphatic hydroxyl groups is 3. The van der Waals surface area contributed by atoms with E-state index in [2.05, 4.69) is 9.97 Å². The SMILES string of the molecule is Cc1cn([C@@H]2O[C@@]3(CO)[C@H](OP(=O)(O)OC[C@H]4O[C@@H](n5cc(C)c(=O)[nH]c5=O)C[C@@H]4O)C(C)C2[C@@H]3O)c(=O)[nH]c1=O. The molecule has 10 atom stereocenters. The summed E-state index contributed by atoms with van der Waals surface area (Å²) in [7, 11) is -4.93. The Bertz CT molecular complexity index is 1620. The molecule has 0 spiro atoms. The number of aromatic nitrogens is 4. The summed E-state index contributed by atoms with van der Waals surface area (Å²) in [5.74, 6) is -1.62. The van der Waals surface area contributed by atoms with E-state index in [0.29, 0.717) is 0 Å². The first-order chi connectivity index (χ1) is 19.2. The number of H-pyrrole nitrogens is 2. The number of nitrogens with zero attached hydrogens (tertiary/aromatic N) is 2. The van der Waals surface area contributed by atoms with E-state index in [1.807, 2.05) is 0 Å². The molecule has 2 aromatic rings. The number of hydrogen-bond acceptors (Lipinski definition) is 12. The van der Waals surface area contributed by atoms with Gasteiger partial charge < -0.3 is 29.7 Å². The monoisotopic (exact) mass is 602 g/mol. The van der Waals surface area contributed by atoms with Gasteiger partial charge in [-0.1, -0.05) is 6.92 Å². The van der Waals surface area contributed by atoms with Crippen LogP contribution in [0, 0.1) is 25.7 Å². The molecule has 5 rings (SSSR count). The molecular weight excluding hydrogens is 571 g/mol. The van der Waals surface area contributed by atoms with Crippen LogP contribution in [0.3, 0.4) is 0 Å². The highest BCUT2D eigenvalue weighted by molar-refractivity contribution is 7.47. The summed E-state index contributed by atoms with van der Waals surface area (Å²) in [6.07, 6.45) is -4.76. The molecule has 1 aliphatic carbocycles. The van der Waals surface area contributed by atoms with Gasteiger partial charge in [-0.3, -0.25) is 37.7 Å². The van der Waals surface area contributed by atoms with E-state index in [-0.39, 0.29) is 17.5 Å². The van der Waals surface area contributed by atoms with Crippen LogP contribution in [0.15, 0.2) is 31.6 Å². The van der Waals surface area contributed by atoms with E-state index in [9.17, 15) is 44.0 Å². The third-order valence-electron chi connectivity index (χ3n) is 8.08. The van der Waals surface area contributed by atoms with E-state index in [1.165, 1.54) is 26.2 Å². The minimum absolute atomic E-state index is 0.0734. The molecule has 226 valence electrons. The Hall–Kier alpha value is -2.73. The van der Waals surface area contributed by atoms with Crippen molar-refractivity contribution < 1.29 is 43.3 Å². The molecule has 2 aromatic heterocycles. The standard InChI is InChI=1S/C23H31N4O13P/c1-9-5-26(21(33)24-18(9)31)14-4-12(29)13(38-14)7-37-41(35,36)40-17-11(3)15-16(30)23(17,8-28)39-20(15)27-6-10(2)19(32)25-22(27)34/h5-6,11-17,20,28-30H,4,7-8H2,1-3H3,(H,35,36)(H,24,31,33)(H,25,32,34)/t11?,12-,13+,14+,15?,16-,17+,20+,23+/m0/s1. The summed E-state index contributed by atoms with van der Waals surface area (Å²) >= 11 is 0. The molecule has 41 heavy (non-hydrogen) atoms. The summed E-state index contributed by atoms with van der Waals surface area (Å²) in [5.41, 5.74) is -4.18. The van der Waals surface area contributed by atoms with Crippen LogP contribution < -0.4 is 22.5 Å². The normalized spacial score (nSPS) is 36.1. The molecule has 2 bridgehead atoms. The second-order valence-electron chi connectivity index (χ2n) is 10.7. The largest absolute Gasteiger partial charge is 0.472 e. The highest BCUT2D eigenvalue weighted by atomic mass is 31.2. The van der Waals surface area contributed by atoms with Gasteiger partial charge in [0.05, 0.1) is 25.4 Å². The van der Waals surface area contributed by atoms with Crippen molar-refractivity contribution in [1.82, 2.24) is 19.1 Å². The summed E-state index contributed by atoms with van der Waals surface area (Å²) < 4.78 is 37.1. The van der Waals surface area contributed by atoms with Gasteiger partial charge in [0.2, 0.25) is 0 Å². The predicted octanol–water partition coefficient (Wildman–Crippen LogP) is -2.26. The van der Waals surface area contributed by atoms with Crippen LogP contribution in [0.25, 0.3) is 0 Å². The molecule has 17 nitrogen and oxygen atoms in total. The molecule has 3 aliphatic rings. The van der Waals surface area contributed by atoms with E-state index >= 15 is 0 Å². The van der Waals surface area contributed by atoms with Crippen LogP contribution in [-0.4, -0.2) is 82.5 Å². The maximum Gasteiger partial charge on any atom is 0.472 e. The highest BCUT2D eigenvalue weighted by Crippen LogP contribution is 2.60. The Morgan fingerprint density at radius 2 is 1.66 bits per heavy atom. The molecule has 3 fully saturated rings. The Kier molecular flexibility index (Phi) is 7.63. The predicted molar refractivity (Wildman–Crippen MR) is 136 cm³/mol. The number of phosphoric ester groups is 1. The summed E-state index contributed by atoms with van der Waals surface area (Å²) in [5, 5.41) is 31.7. The van der Waals surface area contributed by atoms with Crippen molar-refractivity contribution >= 4 is 7.82 Å². The van der Waals surface area contributed by atoms with Crippen molar-refractivity contribution in [3.63, 3.8) is 0 Å². The first-order valence-electron chi connectivity index (χ1n) is 12.8. The first kappa shape index (κ1) is 29.8. The molecule has 6 N–H and O–H groups in total. The second kappa shape index (κ2) is 10.5. The average molecular weight is 602 g/mol. The topological polar surface area (TPSA) is 245 Å². The number of phosphoric acid groups is 1. The summed E-state index contributed by atoms with van der Waals surface area (Å²) in [6.45, 7) is 3.07. The minimum Gasteiger partial charge on any atom is -0.393 e. The summed E-state index contributed by atoms with van der Waals surface area (Å²) in [4.78, 5) is 62.8. The molecule has 18 heteroatoms. The summed E-state index contributed by atoms with van der Waals surface area (Å²) in [6, 6.07) is 0. The van der Waals surface area contributed by atoms with E-state index in [0.717, 1.165) is 9.13 Å². The number of aromatic amines is 2. The van der Waals surface area contributed by atoms with Crippen LogP contribution in [0.5, 0.6) is 0 Å². The lowest BCUT2D eigenvalue weighted by Gasteiger charge is -2.40. The number of nitrogens with one attached hydrogen (secondary N) is 2. The van der Waals surface area contributed by atoms with Gasteiger partial charge in [-0.25, -0.2) is 14.2 Å². The van der Waals surface area contributed by atoms with E-state index in [4.69, 9.17) is 18.5 Å². The van der Waals surface area contributed by atoms with Crippen molar-refractivity contribution in [2.24, 2.45) is 11.8 Å². The van der Waals surface area contributed by atoms with E-state index in [1.54, 1.807) is 6.92 Å². The van der Waals surface area contributed by atoms with Crippen LogP contribution in [0.2, 0.25) is 0 Å². The molecule has 4 heterocycles. The third-order valence-corrected chi connectivity index (χ3v) is 9.05. The van der Waals surface area contributed by atoms with Crippen molar-refractivity contribution in [1.29, 1.82) is 0 Å². The van der Waals surface area contributed by atoms with Gasteiger partial charge in [0.1, 0.15) is 30.3 Å². The van der Waals surface area contributed by atoms with Crippen LogP contribution in [-0.2, 0) is 23.1 Å². The number of aliphatic hydroxyl groups excluding tert-OH is 3. The van der Waals surface area contributed by atoms with Crippen molar-refractivity contribution in [2.75, 3.05) is 13.2 Å². The second-order valence-corrected chi connectivity index (χ2v) is 12.1. The first-order valence-corrected chi connectivity index (χ1v) is 14.3. The Morgan fingerprint density at radius 1 is 1.07 bits per heavy atom. The zero-order valence-corrected chi connectivity index (χ0v) is 23.1. The Morgan fingerprint density at radius 3 is 2.27 bits per heavy atom. The Balaban J connectivity index is 1.29. The molecule has 2 saturated heterocycles. The third kappa shape index (κ3) is 5.00. The van der Waals surface area contributed by atoms with Crippen LogP contribution >= 0.6 is 7.82 Å².